The molecular formula is C57H96O15. The van der Waals surface area contributed by atoms with E-state index in [1.54, 1.807) is 0 Å². The third-order valence-electron chi connectivity index (χ3n) is 12.7. The summed E-state index contributed by atoms with van der Waals surface area (Å²) in [5, 5.41) is 72.2. The smallest absolute Gasteiger partial charge is 0.306 e. The lowest BCUT2D eigenvalue weighted by molar-refractivity contribution is -0.332. The van der Waals surface area contributed by atoms with E-state index in [0.29, 0.717) is 19.3 Å². The van der Waals surface area contributed by atoms with Crippen LogP contribution in [0.4, 0.5) is 0 Å². The number of hydrogen-bond donors (Lipinski definition) is 7. The highest BCUT2D eigenvalue weighted by Gasteiger charge is 2.47. The molecule has 4 unspecified atom stereocenters. The van der Waals surface area contributed by atoms with Crippen molar-refractivity contribution in [1.82, 2.24) is 0 Å². The zero-order chi connectivity index (χ0) is 52.4. The van der Waals surface area contributed by atoms with Crippen LogP contribution in [0.5, 0.6) is 0 Å². The largest absolute Gasteiger partial charge is 0.462 e. The van der Waals surface area contributed by atoms with Crippen LogP contribution in [0.15, 0.2) is 72.9 Å². The molecule has 0 aromatic carbocycles. The lowest BCUT2D eigenvalue weighted by Crippen LogP contribution is -2.61. The first-order valence-corrected chi connectivity index (χ1v) is 27.5. The standard InChI is InChI=1S/C57H96O15/c1-3-5-7-9-11-13-15-17-19-21-22-24-26-28-30-32-34-36-38-40-49(60)70-45(42-67-48(59)39-37-35-33-31-29-27-25-23-20-18-16-14-12-10-8-6-4-2)43-68-56-55(66)53(64)51(62)47(72-56)44-69-57-54(65)52(63)50(61)46(41-58)71-57/h11-14,17-20,25,27,31,33,45-47,50-58,61-66H,3-10,15-16,21-24,26,28-30,32,34-44H2,1-2H3/b13-11+,14-12+,19-17+,20-18+,27-25+,33-31+/t45-,46+,47+,50-,51-,52?,53?,54?,55?,56+,57+/m1/s1. The maximum Gasteiger partial charge on any atom is 0.306 e. The molecule has 72 heavy (non-hydrogen) atoms. The Bertz CT molecular complexity index is 1530. The van der Waals surface area contributed by atoms with E-state index < -0.39 is 99.3 Å². The van der Waals surface area contributed by atoms with Crippen molar-refractivity contribution < 1.29 is 73.8 Å². The van der Waals surface area contributed by atoms with Crippen LogP contribution in [0, 0.1) is 0 Å². The molecule has 0 spiro atoms. The van der Waals surface area contributed by atoms with Gasteiger partial charge in [-0.2, -0.15) is 0 Å². The summed E-state index contributed by atoms with van der Waals surface area (Å²) in [6, 6.07) is 0. The van der Waals surface area contributed by atoms with Gasteiger partial charge >= 0.3 is 11.9 Å². The fourth-order valence-electron chi connectivity index (χ4n) is 8.12. The first-order chi connectivity index (χ1) is 35.0. The average Bonchev–Trinajstić information content (AvgIpc) is 3.37. The van der Waals surface area contributed by atoms with Crippen molar-refractivity contribution in [2.45, 2.75) is 248 Å². The van der Waals surface area contributed by atoms with Gasteiger partial charge in [-0.3, -0.25) is 9.59 Å². The first kappa shape index (κ1) is 65.1. The minimum atomic E-state index is -1.78. The number of carbonyl (C=O) groups excluding carboxylic acids is 2. The van der Waals surface area contributed by atoms with Gasteiger partial charge in [0.1, 0.15) is 55.4 Å². The molecule has 0 aromatic rings. The van der Waals surface area contributed by atoms with Crippen molar-refractivity contribution in [1.29, 1.82) is 0 Å². The Morgan fingerprint density at radius 2 is 0.847 bits per heavy atom. The SMILES string of the molecule is CCCCC/C=C/C/C=C/C/C=C/C/C=C/CCCC(=O)OC[C@H](CO[C@H]1O[C@@H](CO[C@H]2O[C@@H](CO)[C@@H](O)C(O)C2O)[C@@H](O)C(O)C1O)OC(=O)CCCCCCCCCCC/C=C/C/C=C/CCCCC. The zero-order valence-corrected chi connectivity index (χ0v) is 43.9. The second kappa shape index (κ2) is 43.2. The molecule has 0 amide bonds. The van der Waals surface area contributed by atoms with Gasteiger partial charge in [-0.1, -0.05) is 157 Å². The van der Waals surface area contributed by atoms with Gasteiger partial charge in [0.2, 0.25) is 0 Å². The van der Waals surface area contributed by atoms with Crippen molar-refractivity contribution >= 4 is 11.9 Å². The highest BCUT2D eigenvalue weighted by molar-refractivity contribution is 5.70. The maximum atomic E-state index is 13.0. The maximum absolute atomic E-state index is 13.0. The Hall–Kier alpha value is -3.06. The number of hydrogen-bond acceptors (Lipinski definition) is 15. The highest BCUT2D eigenvalue weighted by atomic mass is 16.7. The summed E-state index contributed by atoms with van der Waals surface area (Å²) in [7, 11) is 0. The molecule has 15 heteroatoms. The molecule has 0 saturated carbocycles. The number of rotatable bonds is 42. The van der Waals surface area contributed by atoms with Crippen LogP contribution >= 0.6 is 0 Å². The summed E-state index contributed by atoms with van der Waals surface area (Å²) in [6.45, 7) is 2.48. The molecule has 0 radical (unpaired) electrons. The quantitative estimate of drug-likeness (QED) is 0.0172. The third-order valence-corrected chi connectivity index (χ3v) is 12.7. The van der Waals surface area contributed by atoms with Crippen LogP contribution in [0.1, 0.15) is 181 Å². The number of unbranched alkanes of at least 4 members (excludes halogenated alkanes) is 16. The van der Waals surface area contributed by atoms with Crippen molar-refractivity contribution in [3.8, 4) is 0 Å². The molecule has 0 bridgehead atoms. The molecule has 0 aliphatic carbocycles. The van der Waals surface area contributed by atoms with E-state index >= 15 is 0 Å². The first-order valence-electron chi connectivity index (χ1n) is 27.5. The molecule has 2 fully saturated rings. The molecule has 0 aromatic heterocycles. The average molecular weight is 1020 g/mol. The summed E-state index contributed by atoms with van der Waals surface area (Å²) in [6.07, 6.45) is 34.9. The second-order valence-corrected chi connectivity index (χ2v) is 19.0. The lowest BCUT2D eigenvalue weighted by Gasteiger charge is -2.42. The predicted octanol–water partition coefficient (Wildman–Crippen LogP) is 8.60. The molecule has 2 aliphatic heterocycles. The van der Waals surface area contributed by atoms with E-state index in [1.165, 1.54) is 70.6 Å². The second-order valence-electron chi connectivity index (χ2n) is 19.0. The van der Waals surface area contributed by atoms with Gasteiger partial charge in [-0.25, -0.2) is 0 Å². The van der Waals surface area contributed by atoms with Crippen molar-refractivity contribution in [2.75, 3.05) is 26.4 Å². The fraction of sp³-hybridized carbons (Fsp3) is 0.754. The number of aliphatic hydroxyl groups is 7. The molecule has 2 aliphatic rings. The highest BCUT2D eigenvalue weighted by Crippen LogP contribution is 2.26. The number of esters is 2. The van der Waals surface area contributed by atoms with Gasteiger partial charge in [0, 0.05) is 12.8 Å². The molecule has 15 nitrogen and oxygen atoms in total. The van der Waals surface area contributed by atoms with E-state index in [-0.39, 0.29) is 19.4 Å². The monoisotopic (exact) mass is 1020 g/mol. The molecule has 11 atom stereocenters. The Balaban J connectivity index is 1.81. The van der Waals surface area contributed by atoms with Crippen LogP contribution in [-0.4, -0.2) is 142 Å². The van der Waals surface area contributed by atoms with Gasteiger partial charge in [-0.15, -0.1) is 0 Å². The molecule has 414 valence electrons. The molecule has 2 rings (SSSR count). The number of aliphatic hydroxyl groups excluding tert-OH is 7. The molecule has 2 heterocycles. The molecule has 2 saturated heterocycles. The predicted molar refractivity (Wildman–Crippen MR) is 279 cm³/mol. The third kappa shape index (κ3) is 30.3. The summed E-state index contributed by atoms with van der Waals surface area (Å²) in [5.41, 5.74) is 0. The van der Waals surface area contributed by atoms with E-state index in [1.807, 2.05) is 6.08 Å². The lowest BCUT2D eigenvalue weighted by atomic mass is 9.98. The summed E-state index contributed by atoms with van der Waals surface area (Å²) in [4.78, 5) is 25.8. The Morgan fingerprint density at radius 1 is 0.444 bits per heavy atom. The van der Waals surface area contributed by atoms with E-state index in [4.69, 9.17) is 28.4 Å². The van der Waals surface area contributed by atoms with Gasteiger partial charge < -0.3 is 64.2 Å². The van der Waals surface area contributed by atoms with Crippen LogP contribution in [-0.2, 0) is 38.0 Å². The van der Waals surface area contributed by atoms with Crippen LogP contribution in [0.2, 0.25) is 0 Å². The van der Waals surface area contributed by atoms with E-state index in [2.05, 4.69) is 80.7 Å². The molecular weight excluding hydrogens is 925 g/mol. The van der Waals surface area contributed by atoms with Crippen molar-refractivity contribution in [3.63, 3.8) is 0 Å². The number of carbonyl (C=O) groups is 2. The Labute approximate surface area is 432 Å². The normalized spacial score (nSPS) is 25.6. The van der Waals surface area contributed by atoms with Crippen LogP contribution in [0.25, 0.3) is 0 Å². The summed E-state index contributed by atoms with van der Waals surface area (Å²) in [5.74, 6) is -0.998. The van der Waals surface area contributed by atoms with Crippen molar-refractivity contribution in [3.05, 3.63) is 72.9 Å². The van der Waals surface area contributed by atoms with Gasteiger partial charge in [0.15, 0.2) is 18.7 Å². The fourth-order valence-corrected chi connectivity index (χ4v) is 8.12. The zero-order valence-electron chi connectivity index (χ0n) is 43.9. The van der Waals surface area contributed by atoms with E-state index in [9.17, 15) is 45.3 Å². The molecule has 7 N–H and O–H groups in total. The Morgan fingerprint density at radius 3 is 1.35 bits per heavy atom. The van der Waals surface area contributed by atoms with Gasteiger partial charge in [0.25, 0.3) is 0 Å². The van der Waals surface area contributed by atoms with Crippen LogP contribution < -0.4 is 0 Å². The number of ether oxygens (including phenoxy) is 6. The van der Waals surface area contributed by atoms with Gasteiger partial charge in [0.05, 0.1) is 19.8 Å². The summed E-state index contributed by atoms with van der Waals surface area (Å²) >= 11 is 0. The van der Waals surface area contributed by atoms with E-state index in [0.717, 1.165) is 64.2 Å². The van der Waals surface area contributed by atoms with Gasteiger partial charge in [-0.05, 0) is 83.5 Å². The Kier molecular flexibility index (Phi) is 39.0. The topological polar surface area (TPSA) is 231 Å². The van der Waals surface area contributed by atoms with Crippen LogP contribution in [0.3, 0.4) is 0 Å². The minimum absolute atomic E-state index is 0.138. The van der Waals surface area contributed by atoms with Crippen molar-refractivity contribution in [2.24, 2.45) is 0 Å². The minimum Gasteiger partial charge on any atom is -0.462 e. The summed E-state index contributed by atoms with van der Waals surface area (Å²) < 4.78 is 33.6. The number of allylic oxidation sites excluding steroid dienone is 12.